The van der Waals surface area contributed by atoms with Crippen molar-refractivity contribution in [3.63, 3.8) is 0 Å². The van der Waals surface area contributed by atoms with Crippen LogP contribution in [0.2, 0.25) is 0 Å². The number of carbonyl (C=O) groups excluding carboxylic acids is 1. The number of nitrogens with zero attached hydrogens (tertiary/aromatic N) is 2. The lowest BCUT2D eigenvalue weighted by atomic mass is 10.1. The summed E-state index contributed by atoms with van der Waals surface area (Å²) in [7, 11) is 0. The second-order valence-electron chi connectivity index (χ2n) is 6.12. The van der Waals surface area contributed by atoms with Crippen molar-refractivity contribution in [2.45, 2.75) is 31.7 Å². The highest BCUT2D eigenvalue weighted by Gasteiger charge is 2.20. The molecule has 23 heavy (non-hydrogen) atoms. The van der Waals surface area contributed by atoms with Crippen molar-refractivity contribution in [1.29, 1.82) is 0 Å². The minimum Gasteiger partial charge on any atom is -0.307 e. The number of rotatable bonds is 3. The molecule has 2 aromatic carbocycles. The van der Waals surface area contributed by atoms with Gasteiger partial charge in [0.2, 0.25) is 0 Å². The van der Waals surface area contributed by atoms with Crippen molar-refractivity contribution in [2.24, 2.45) is 0 Å². The smallest absolute Gasteiger partial charge is 0.256 e. The van der Waals surface area contributed by atoms with Crippen LogP contribution >= 0.6 is 0 Å². The van der Waals surface area contributed by atoms with E-state index in [1.54, 1.807) is 6.20 Å². The molecule has 1 aromatic heterocycles. The van der Waals surface area contributed by atoms with Crippen LogP contribution in [0.15, 0.2) is 54.7 Å². The lowest BCUT2D eigenvalue weighted by Gasteiger charge is -2.14. The number of nitrogens with one attached hydrogen (secondary N) is 1. The summed E-state index contributed by atoms with van der Waals surface area (Å²) in [6.45, 7) is 0. The zero-order valence-electron chi connectivity index (χ0n) is 12.9. The average Bonchev–Trinajstić information content (AvgIpc) is 3.25. The van der Waals surface area contributed by atoms with Crippen LogP contribution in [-0.4, -0.2) is 15.7 Å². The highest BCUT2D eigenvalue weighted by molar-refractivity contribution is 6.06. The Morgan fingerprint density at radius 2 is 1.83 bits per heavy atom. The molecule has 4 rings (SSSR count). The maximum absolute atomic E-state index is 12.6. The predicted octanol–water partition coefficient (Wildman–Crippen LogP) is 4.40. The second-order valence-corrected chi connectivity index (χ2v) is 6.12. The van der Waals surface area contributed by atoms with Gasteiger partial charge >= 0.3 is 0 Å². The van der Waals surface area contributed by atoms with Crippen LogP contribution in [0.25, 0.3) is 10.8 Å². The normalized spacial score (nSPS) is 15.1. The summed E-state index contributed by atoms with van der Waals surface area (Å²) in [6, 6.07) is 16.1. The number of carbonyl (C=O) groups is 1. The first-order valence-electron chi connectivity index (χ1n) is 8.15. The summed E-state index contributed by atoms with van der Waals surface area (Å²) in [5.41, 5.74) is 0.669. The number of fused-ring (bicyclic) bond motifs is 1. The van der Waals surface area contributed by atoms with Gasteiger partial charge in [0.25, 0.3) is 5.91 Å². The van der Waals surface area contributed by atoms with Gasteiger partial charge in [0, 0.05) is 11.6 Å². The number of benzene rings is 2. The Bertz CT molecular complexity index is 846. The van der Waals surface area contributed by atoms with Crippen molar-refractivity contribution >= 4 is 22.5 Å². The van der Waals surface area contributed by atoms with Gasteiger partial charge in [-0.3, -0.25) is 4.79 Å². The van der Waals surface area contributed by atoms with Crippen LogP contribution < -0.4 is 5.32 Å². The molecule has 4 nitrogen and oxygen atoms in total. The first-order valence-corrected chi connectivity index (χ1v) is 8.15. The highest BCUT2D eigenvalue weighted by atomic mass is 16.1. The first kappa shape index (κ1) is 14.0. The van der Waals surface area contributed by atoms with E-state index < -0.39 is 0 Å². The van der Waals surface area contributed by atoms with E-state index in [1.165, 1.54) is 12.8 Å². The molecule has 1 fully saturated rings. The van der Waals surface area contributed by atoms with Crippen molar-refractivity contribution in [1.82, 2.24) is 9.78 Å². The average molecular weight is 305 g/mol. The Morgan fingerprint density at radius 3 is 2.65 bits per heavy atom. The van der Waals surface area contributed by atoms with Crippen molar-refractivity contribution < 1.29 is 4.79 Å². The molecule has 1 aliphatic rings. The summed E-state index contributed by atoms with van der Waals surface area (Å²) < 4.78 is 1.96. The van der Waals surface area contributed by atoms with Crippen molar-refractivity contribution in [3.05, 3.63) is 60.3 Å². The second kappa shape index (κ2) is 5.88. The lowest BCUT2D eigenvalue weighted by molar-refractivity contribution is 0.102. The third-order valence-electron chi connectivity index (χ3n) is 4.59. The fourth-order valence-corrected chi connectivity index (χ4v) is 3.37. The highest BCUT2D eigenvalue weighted by Crippen LogP contribution is 2.31. The molecular formula is C19H19N3O. The predicted molar refractivity (Wildman–Crippen MR) is 91.6 cm³/mol. The number of hydrogen-bond donors (Lipinski definition) is 1. The largest absolute Gasteiger partial charge is 0.307 e. The molecule has 3 aromatic rings. The molecule has 1 amide bonds. The molecule has 1 heterocycles. The minimum absolute atomic E-state index is 0.0875. The molecule has 0 unspecified atom stereocenters. The standard InChI is InChI=1S/C19H19N3O/c23-19(16-10-9-14-5-1-2-6-15(14)13-16)21-18-11-12-20-22(18)17-7-3-4-8-17/h1-2,5-6,9-13,17H,3-4,7-8H2,(H,21,23). The number of anilines is 1. The summed E-state index contributed by atoms with van der Waals surface area (Å²) in [5, 5.41) is 9.62. The van der Waals surface area contributed by atoms with Gasteiger partial charge in [-0.25, -0.2) is 4.68 Å². The van der Waals surface area contributed by atoms with Gasteiger partial charge in [0.15, 0.2) is 0 Å². The summed E-state index contributed by atoms with van der Waals surface area (Å²) in [4.78, 5) is 12.6. The Labute approximate surface area is 135 Å². The molecule has 4 heteroatoms. The maximum Gasteiger partial charge on any atom is 0.256 e. The van der Waals surface area contributed by atoms with Gasteiger partial charge in [-0.1, -0.05) is 43.2 Å². The van der Waals surface area contributed by atoms with Crippen LogP contribution in [0.5, 0.6) is 0 Å². The molecule has 0 aliphatic heterocycles. The first-order chi connectivity index (χ1) is 11.3. The fraction of sp³-hybridized carbons (Fsp3) is 0.263. The Morgan fingerprint density at radius 1 is 1.04 bits per heavy atom. The van der Waals surface area contributed by atoms with E-state index in [2.05, 4.69) is 10.4 Å². The minimum atomic E-state index is -0.0875. The third-order valence-corrected chi connectivity index (χ3v) is 4.59. The van der Waals surface area contributed by atoms with E-state index in [0.717, 1.165) is 29.4 Å². The van der Waals surface area contributed by atoms with E-state index in [9.17, 15) is 4.79 Å². The molecule has 0 saturated heterocycles. The summed E-state index contributed by atoms with van der Waals surface area (Å²) >= 11 is 0. The van der Waals surface area contributed by atoms with Crippen LogP contribution in [0.4, 0.5) is 5.82 Å². The van der Waals surface area contributed by atoms with Gasteiger partial charge in [0.05, 0.1) is 12.2 Å². The van der Waals surface area contributed by atoms with Gasteiger partial charge in [0.1, 0.15) is 5.82 Å². The zero-order chi connectivity index (χ0) is 15.6. The van der Waals surface area contributed by atoms with Crippen molar-refractivity contribution in [3.8, 4) is 0 Å². The van der Waals surface area contributed by atoms with E-state index >= 15 is 0 Å². The molecule has 0 radical (unpaired) electrons. The molecule has 1 N–H and O–H groups in total. The zero-order valence-corrected chi connectivity index (χ0v) is 12.9. The quantitative estimate of drug-likeness (QED) is 0.779. The molecular weight excluding hydrogens is 286 g/mol. The number of hydrogen-bond acceptors (Lipinski definition) is 2. The number of aromatic nitrogens is 2. The van der Waals surface area contributed by atoms with Gasteiger partial charge in [-0.15, -0.1) is 0 Å². The van der Waals surface area contributed by atoms with E-state index in [1.807, 2.05) is 53.2 Å². The molecule has 0 spiro atoms. The van der Waals surface area contributed by atoms with Gasteiger partial charge < -0.3 is 5.32 Å². The SMILES string of the molecule is O=C(Nc1ccnn1C1CCCC1)c1ccc2ccccc2c1. The van der Waals surface area contributed by atoms with Crippen LogP contribution in [0.1, 0.15) is 42.1 Å². The Balaban J connectivity index is 1.58. The van der Waals surface area contributed by atoms with Crippen LogP contribution in [0.3, 0.4) is 0 Å². The van der Waals surface area contributed by atoms with Gasteiger partial charge in [-0.05, 0) is 35.7 Å². The lowest BCUT2D eigenvalue weighted by Crippen LogP contribution is -2.17. The number of amides is 1. The third kappa shape index (κ3) is 2.72. The Hall–Kier alpha value is -2.62. The fourth-order valence-electron chi connectivity index (χ4n) is 3.37. The van der Waals surface area contributed by atoms with Crippen LogP contribution in [0, 0.1) is 0 Å². The van der Waals surface area contributed by atoms with E-state index in [0.29, 0.717) is 11.6 Å². The van der Waals surface area contributed by atoms with E-state index in [-0.39, 0.29) is 5.91 Å². The Kier molecular flexibility index (Phi) is 3.58. The van der Waals surface area contributed by atoms with E-state index in [4.69, 9.17) is 0 Å². The van der Waals surface area contributed by atoms with Crippen molar-refractivity contribution in [2.75, 3.05) is 5.32 Å². The summed E-state index contributed by atoms with van der Waals surface area (Å²) in [6.07, 6.45) is 6.51. The molecule has 1 saturated carbocycles. The topological polar surface area (TPSA) is 46.9 Å². The van der Waals surface area contributed by atoms with Gasteiger partial charge in [-0.2, -0.15) is 5.10 Å². The molecule has 0 atom stereocenters. The molecule has 0 bridgehead atoms. The molecule has 116 valence electrons. The molecule has 1 aliphatic carbocycles. The monoisotopic (exact) mass is 305 g/mol. The summed E-state index contributed by atoms with van der Waals surface area (Å²) in [5.74, 6) is 0.700. The van der Waals surface area contributed by atoms with Crippen LogP contribution in [-0.2, 0) is 0 Å². The maximum atomic E-state index is 12.6.